The number of benzene rings is 3. The first-order chi connectivity index (χ1) is 16.8. The Hall–Kier alpha value is -3.24. The summed E-state index contributed by atoms with van der Waals surface area (Å²) in [5.41, 5.74) is 2.46. The fourth-order valence-electron chi connectivity index (χ4n) is 4.27. The van der Waals surface area contributed by atoms with Crippen LogP contribution in [-0.4, -0.2) is 61.2 Å². The van der Waals surface area contributed by atoms with E-state index in [1.807, 2.05) is 53.1 Å². The second-order valence-electron chi connectivity index (χ2n) is 8.36. The predicted molar refractivity (Wildman–Crippen MR) is 137 cm³/mol. The van der Waals surface area contributed by atoms with Crippen LogP contribution in [0.3, 0.4) is 0 Å². The summed E-state index contributed by atoms with van der Waals surface area (Å²) in [7, 11) is -2.40. The zero-order chi connectivity index (χ0) is 25.0. The number of fused-ring (bicyclic) bond motifs is 3. The van der Waals surface area contributed by atoms with Crippen molar-refractivity contribution in [2.45, 2.75) is 24.5 Å². The first kappa shape index (κ1) is 24.9. The number of carbonyl (C=O) groups excluding carboxylic acids is 1. The molecule has 3 aromatic carbocycles. The molecule has 1 unspecified atom stereocenters. The van der Waals surface area contributed by atoms with Crippen molar-refractivity contribution in [3.05, 3.63) is 72.8 Å². The lowest BCUT2D eigenvalue weighted by Crippen LogP contribution is -2.40. The molecule has 35 heavy (non-hydrogen) atoms. The van der Waals surface area contributed by atoms with Crippen LogP contribution in [0.2, 0.25) is 0 Å². The van der Waals surface area contributed by atoms with Gasteiger partial charge in [0.25, 0.3) is 0 Å². The van der Waals surface area contributed by atoms with Gasteiger partial charge in [-0.1, -0.05) is 36.4 Å². The van der Waals surface area contributed by atoms with Crippen molar-refractivity contribution in [1.29, 1.82) is 0 Å². The molecule has 4 rings (SSSR count). The van der Waals surface area contributed by atoms with E-state index in [2.05, 4.69) is 5.32 Å². The summed E-state index contributed by atoms with van der Waals surface area (Å²) in [6.45, 7) is 1.80. The number of aromatic nitrogens is 1. The van der Waals surface area contributed by atoms with Gasteiger partial charge in [0.1, 0.15) is 0 Å². The van der Waals surface area contributed by atoms with Gasteiger partial charge in [-0.25, -0.2) is 8.42 Å². The van der Waals surface area contributed by atoms with Crippen molar-refractivity contribution in [2.24, 2.45) is 0 Å². The van der Waals surface area contributed by atoms with Crippen molar-refractivity contribution in [3.63, 3.8) is 0 Å². The molecule has 9 heteroatoms. The Morgan fingerprint density at radius 3 is 2.11 bits per heavy atom. The first-order valence-electron chi connectivity index (χ1n) is 11.3. The SMILES string of the molecule is COCCN(CC(O)Cn1c2ccccc2c2ccccc21)S(=O)(=O)c1ccc(NC(C)=O)cc1. The summed E-state index contributed by atoms with van der Waals surface area (Å²) in [6.07, 6.45) is -0.959. The Morgan fingerprint density at radius 2 is 1.57 bits per heavy atom. The first-order valence-corrected chi connectivity index (χ1v) is 12.8. The van der Waals surface area contributed by atoms with Crippen molar-refractivity contribution in [2.75, 3.05) is 32.1 Å². The van der Waals surface area contributed by atoms with Gasteiger partial charge in [0.2, 0.25) is 15.9 Å². The Balaban J connectivity index is 1.60. The number of anilines is 1. The molecule has 1 atom stereocenters. The van der Waals surface area contributed by atoms with E-state index < -0.39 is 16.1 Å². The predicted octanol–water partition coefficient (Wildman–Crippen LogP) is 3.45. The van der Waals surface area contributed by atoms with Crippen LogP contribution in [0.5, 0.6) is 0 Å². The minimum atomic E-state index is -3.91. The number of carbonyl (C=O) groups is 1. The monoisotopic (exact) mass is 495 g/mol. The maximum Gasteiger partial charge on any atom is 0.243 e. The molecule has 2 N–H and O–H groups in total. The number of aliphatic hydroxyl groups excluding tert-OH is 1. The zero-order valence-corrected chi connectivity index (χ0v) is 20.5. The second kappa shape index (κ2) is 10.6. The normalized spacial score (nSPS) is 12.9. The van der Waals surface area contributed by atoms with Gasteiger partial charge < -0.3 is 19.7 Å². The fraction of sp³-hybridized carbons (Fsp3) is 0.269. The molecule has 8 nitrogen and oxygen atoms in total. The average molecular weight is 496 g/mol. The molecular weight excluding hydrogens is 466 g/mol. The summed E-state index contributed by atoms with van der Waals surface area (Å²) in [4.78, 5) is 11.3. The van der Waals surface area contributed by atoms with E-state index in [1.54, 1.807) is 0 Å². The molecule has 4 aromatic rings. The standard InChI is InChI=1S/C26H29N3O5S/c1-19(30)27-20-11-13-22(14-12-20)35(32,33)28(15-16-34-2)17-21(31)18-29-25-9-5-3-7-23(25)24-8-4-6-10-26(24)29/h3-14,21,31H,15-18H2,1-2H3,(H,27,30). The van der Waals surface area contributed by atoms with E-state index in [-0.39, 0.29) is 37.0 Å². The molecule has 0 aliphatic carbocycles. The van der Waals surface area contributed by atoms with Gasteiger partial charge in [-0.05, 0) is 36.4 Å². The Bertz CT molecular complexity index is 1380. The van der Waals surface area contributed by atoms with Crippen LogP contribution in [0, 0.1) is 0 Å². The van der Waals surface area contributed by atoms with Gasteiger partial charge >= 0.3 is 0 Å². The molecule has 0 bridgehead atoms. The van der Waals surface area contributed by atoms with Crippen molar-refractivity contribution >= 4 is 43.4 Å². The van der Waals surface area contributed by atoms with Gasteiger partial charge in [-0.15, -0.1) is 0 Å². The third-order valence-corrected chi connectivity index (χ3v) is 7.72. The molecule has 0 saturated heterocycles. The molecule has 0 fully saturated rings. The summed E-state index contributed by atoms with van der Waals surface area (Å²) in [6, 6.07) is 21.9. The van der Waals surface area contributed by atoms with Crippen LogP contribution in [0.15, 0.2) is 77.7 Å². The number of nitrogens with one attached hydrogen (secondary N) is 1. The highest BCUT2D eigenvalue weighted by Gasteiger charge is 2.27. The van der Waals surface area contributed by atoms with Gasteiger partial charge in [-0.3, -0.25) is 4.79 Å². The molecule has 0 aliphatic rings. The minimum absolute atomic E-state index is 0.0757. The second-order valence-corrected chi connectivity index (χ2v) is 10.3. The van der Waals surface area contributed by atoms with Crippen LogP contribution < -0.4 is 5.32 Å². The minimum Gasteiger partial charge on any atom is -0.390 e. The lowest BCUT2D eigenvalue weighted by atomic mass is 10.2. The number of rotatable bonds is 10. The zero-order valence-electron chi connectivity index (χ0n) is 19.7. The van der Waals surface area contributed by atoms with Crippen molar-refractivity contribution < 1.29 is 23.1 Å². The molecule has 184 valence electrons. The molecule has 1 heterocycles. The quantitative estimate of drug-likeness (QED) is 0.351. The van der Waals surface area contributed by atoms with E-state index in [9.17, 15) is 18.3 Å². The summed E-state index contributed by atoms with van der Waals surface area (Å²) < 4.78 is 35.2. The van der Waals surface area contributed by atoms with Gasteiger partial charge in [0, 0.05) is 54.6 Å². The van der Waals surface area contributed by atoms with E-state index in [0.717, 1.165) is 21.8 Å². The third kappa shape index (κ3) is 5.38. The number of ether oxygens (including phenoxy) is 1. The smallest absolute Gasteiger partial charge is 0.243 e. The Labute approximate surface area is 204 Å². The maximum absolute atomic E-state index is 13.4. The Kier molecular flexibility index (Phi) is 7.51. The molecule has 0 spiro atoms. The number of aliphatic hydroxyl groups is 1. The molecule has 0 saturated carbocycles. The molecular formula is C26H29N3O5S. The number of hydrogen-bond acceptors (Lipinski definition) is 5. The van der Waals surface area contributed by atoms with E-state index >= 15 is 0 Å². The highest BCUT2D eigenvalue weighted by Crippen LogP contribution is 2.29. The number of sulfonamides is 1. The maximum atomic E-state index is 13.4. The number of hydrogen-bond donors (Lipinski definition) is 2. The van der Waals surface area contributed by atoms with Crippen LogP contribution in [0.1, 0.15) is 6.92 Å². The largest absolute Gasteiger partial charge is 0.390 e. The topological polar surface area (TPSA) is 101 Å². The molecule has 0 aliphatic heterocycles. The molecule has 0 radical (unpaired) electrons. The number of amides is 1. The number of para-hydroxylation sites is 2. The number of methoxy groups -OCH3 is 1. The van der Waals surface area contributed by atoms with E-state index in [4.69, 9.17) is 4.74 Å². The van der Waals surface area contributed by atoms with Gasteiger partial charge in [0.15, 0.2) is 0 Å². The summed E-state index contributed by atoms with van der Waals surface area (Å²) in [5, 5.41) is 15.8. The molecule has 1 aromatic heterocycles. The number of nitrogens with zero attached hydrogens (tertiary/aromatic N) is 2. The van der Waals surface area contributed by atoms with Crippen molar-refractivity contribution in [3.8, 4) is 0 Å². The summed E-state index contributed by atoms with van der Waals surface area (Å²) >= 11 is 0. The van der Waals surface area contributed by atoms with Crippen LogP contribution in [0.4, 0.5) is 5.69 Å². The summed E-state index contributed by atoms with van der Waals surface area (Å²) in [5.74, 6) is -0.240. The fourth-order valence-corrected chi connectivity index (χ4v) is 5.73. The highest BCUT2D eigenvalue weighted by atomic mass is 32.2. The van der Waals surface area contributed by atoms with Gasteiger partial charge in [0.05, 0.1) is 24.2 Å². The van der Waals surface area contributed by atoms with Crippen molar-refractivity contribution in [1.82, 2.24) is 8.87 Å². The van der Waals surface area contributed by atoms with Gasteiger partial charge in [-0.2, -0.15) is 4.31 Å². The van der Waals surface area contributed by atoms with Crippen LogP contribution in [0.25, 0.3) is 21.8 Å². The third-order valence-electron chi connectivity index (χ3n) is 5.84. The van der Waals surface area contributed by atoms with Crippen LogP contribution in [-0.2, 0) is 26.1 Å². The average Bonchev–Trinajstić information content (AvgIpc) is 3.15. The highest BCUT2D eigenvalue weighted by molar-refractivity contribution is 7.89. The van der Waals surface area contributed by atoms with Crippen LogP contribution >= 0.6 is 0 Å². The lowest BCUT2D eigenvalue weighted by Gasteiger charge is -2.25. The molecule has 1 amide bonds. The van der Waals surface area contributed by atoms with E-state index in [1.165, 1.54) is 42.6 Å². The van der Waals surface area contributed by atoms with E-state index in [0.29, 0.717) is 5.69 Å². The Morgan fingerprint density at radius 1 is 1.00 bits per heavy atom. The lowest BCUT2D eigenvalue weighted by molar-refractivity contribution is -0.114.